The average Bonchev–Trinajstić information content (AvgIpc) is 3.11. The molecule has 126 valence electrons. The molecule has 1 N–H and O–H groups in total. The largest absolute Gasteiger partial charge is 0.481 e. The van der Waals surface area contributed by atoms with Crippen molar-refractivity contribution < 1.29 is 19.1 Å². The van der Waals surface area contributed by atoms with E-state index in [-0.39, 0.29) is 29.9 Å². The third-order valence-corrected chi connectivity index (χ3v) is 4.39. The van der Waals surface area contributed by atoms with Gasteiger partial charge < -0.3 is 10.0 Å². The van der Waals surface area contributed by atoms with Gasteiger partial charge in [-0.2, -0.15) is 5.10 Å². The number of carboxylic acid groups (broad SMARTS) is 1. The quantitative estimate of drug-likeness (QED) is 0.935. The normalized spacial score (nSPS) is 20.4. The summed E-state index contributed by atoms with van der Waals surface area (Å²) in [6, 6.07) is 7.49. The fraction of sp³-hybridized carbons (Fsp3) is 0.353. The Hall–Kier alpha value is -2.70. The van der Waals surface area contributed by atoms with Crippen molar-refractivity contribution in [3.63, 3.8) is 0 Å². The molecule has 2 aromatic rings. The summed E-state index contributed by atoms with van der Waals surface area (Å²) in [5, 5.41) is 13.5. The molecule has 1 aliphatic rings. The minimum Gasteiger partial charge on any atom is -0.481 e. The van der Waals surface area contributed by atoms with Gasteiger partial charge in [0.05, 0.1) is 11.6 Å². The topological polar surface area (TPSA) is 75.4 Å². The molecule has 0 bridgehead atoms. The van der Waals surface area contributed by atoms with Gasteiger partial charge in [-0.3, -0.25) is 9.59 Å². The average molecular weight is 331 g/mol. The Kier molecular flexibility index (Phi) is 4.09. The maximum atomic E-state index is 13.0. The highest BCUT2D eigenvalue weighted by Gasteiger charge is 2.37. The predicted octanol–water partition coefficient (Wildman–Crippen LogP) is 2.11. The molecule has 1 aromatic heterocycles. The molecular weight excluding hydrogens is 313 g/mol. The highest BCUT2D eigenvalue weighted by Crippen LogP contribution is 2.25. The van der Waals surface area contributed by atoms with Crippen molar-refractivity contribution in [3.05, 3.63) is 47.5 Å². The molecular formula is C17H18FN3O3. The molecule has 1 aromatic carbocycles. The van der Waals surface area contributed by atoms with E-state index >= 15 is 0 Å². The van der Waals surface area contributed by atoms with Crippen molar-refractivity contribution in [3.8, 4) is 5.69 Å². The maximum Gasteiger partial charge on any atom is 0.308 e. The van der Waals surface area contributed by atoms with Crippen LogP contribution in [0.1, 0.15) is 23.1 Å². The Balaban J connectivity index is 1.83. The predicted molar refractivity (Wildman–Crippen MR) is 84.5 cm³/mol. The van der Waals surface area contributed by atoms with Crippen molar-refractivity contribution in [1.82, 2.24) is 14.7 Å². The van der Waals surface area contributed by atoms with Crippen LogP contribution < -0.4 is 0 Å². The molecule has 0 aliphatic carbocycles. The Morgan fingerprint density at radius 2 is 1.92 bits per heavy atom. The van der Waals surface area contributed by atoms with Crippen molar-refractivity contribution in [2.75, 3.05) is 13.1 Å². The molecule has 1 fully saturated rings. The summed E-state index contributed by atoms with van der Waals surface area (Å²) in [7, 11) is 0. The minimum absolute atomic E-state index is 0.0910. The maximum absolute atomic E-state index is 13.0. The number of hydrogen-bond donors (Lipinski definition) is 1. The van der Waals surface area contributed by atoms with Crippen LogP contribution in [0.4, 0.5) is 4.39 Å². The Bertz CT molecular complexity index is 785. The number of amides is 1. The van der Waals surface area contributed by atoms with E-state index in [1.807, 2.05) is 6.92 Å². The van der Waals surface area contributed by atoms with Gasteiger partial charge in [0.1, 0.15) is 5.82 Å². The molecule has 0 radical (unpaired) electrons. The van der Waals surface area contributed by atoms with E-state index in [0.717, 1.165) is 5.69 Å². The number of carboxylic acids is 1. The monoisotopic (exact) mass is 331 g/mol. The first-order valence-corrected chi connectivity index (χ1v) is 7.71. The zero-order valence-corrected chi connectivity index (χ0v) is 13.4. The van der Waals surface area contributed by atoms with E-state index in [1.54, 1.807) is 29.8 Å². The first kappa shape index (κ1) is 16.2. The molecule has 0 spiro atoms. The van der Waals surface area contributed by atoms with Crippen molar-refractivity contribution in [2.45, 2.75) is 13.8 Å². The van der Waals surface area contributed by atoms with Gasteiger partial charge in [-0.05, 0) is 43.2 Å². The van der Waals surface area contributed by atoms with Gasteiger partial charge in [0.25, 0.3) is 5.91 Å². The Morgan fingerprint density at radius 3 is 2.50 bits per heavy atom. The van der Waals surface area contributed by atoms with Gasteiger partial charge in [-0.1, -0.05) is 6.92 Å². The van der Waals surface area contributed by atoms with E-state index in [2.05, 4.69) is 5.10 Å². The lowest BCUT2D eigenvalue weighted by atomic mass is 9.99. The summed E-state index contributed by atoms with van der Waals surface area (Å²) in [6.07, 6.45) is 0. The number of halogens is 1. The van der Waals surface area contributed by atoms with Gasteiger partial charge in [0.15, 0.2) is 5.69 Å². The number of aliphatic carboxylic acids is 1. The minimum atomic E-state index is -0.883. The molecule has 1 amide bonds. The summed E-state index contributed by atoms with van der Waals surface area (Å²) >= 11 is 0. The second-order valence-corrected chi connectivity index (χ2v) is 6.19. The van der Waals surface area contributed by atoms with Crippen LogP contribution in [0.25, 0.3) is 5.69 Å². The Morgan fingerprint density at radius 1 is 1.25 bits per heavy atom. The smallest absolute Gasteiger partial charge is 0.308 e. The van der Waals surface area contributed by atoms with Crippen LogP contribution in [-0.2, 0) is 4.79 Å². The fourth-order valence-corrected chi connectivity index (χ4v) is 3.04. The number of carbonyl (C=O) groups excluding carboxylic acids is 1. The fourth-order valence-electron chi connectivity index (χ4n) is 3.04. The lowest BCUT2D eigenvalue weighted by Crippen LogP contribution is -2.30. The van der Waals surface area contributed by atoms with E-state index < -0.39 is 11.9 Å². The number of aryl methyl sites for hydroxylation is 1. The highest BCUT2D eigenvalue weighted by molar-refractivity contribution is 5.93. The molecule has 1 saturated heterocycles. The molecule has 2 atom stereocenters. The second-order valence-electron chi connectivity index (χ2n) is 6.19. The lowest BCUT2D eigenvalue weighted by Gasteiger charge is -2.14. The lowest BCUT2D eigenvalue weighted by molar-refractivity contribution is -0.142. The summed E-state index contributed by atoms with van der Waals surface area (Å²) < 4.78 is 14.6. The van der Waals surface area contributed by atoms with E-state index in [4.69, 9.17) is 0 Å². The molecule has 7 heteroatoms. The zero-order valence-electron chi connectivity index (χ0n) is 13.4. The van der Waals surface area contributed by atoms with Gasteiger partial charge in [0, 0.05) is 18.8 Å². The number of nitrogens with zero attached hydrogens (tertiary/aromatic N) is 3. The van der Waals surface area contributed by atoms with Crippen LogP contribution >= 0.6 is 0 Å². The molecule has 1 aliphatic heterocycles. The van der Waals surface area contributed by atoms with Gasteiger partial charge in [-0.15, -0.1) is 0 Å². The summed E-state index contributed by atoms with van der Waals surface area (Å²) in [6.45, 7) is 4.23. The number of aromatic nitrogens is 2. The molecule has 6 nitrogen and oxygen atoms in total. The molecule has 0 saturated carbocycles. The SMILES string of the molecule is Cc1cc(C(=O)N2C[C@@H](C)[C@H](C(=O)O)C2)nn1-c1ccc(F)cc1. The van der Waals surface area contributed by atoms with Crippen LogP contribution in [0.5, 0.6) is 0 Å². The third kappa shape index (κ3) is 2.89. The van der Waals surface area contributed by atoms with Gasteiger partial charge >= 0.3 is 5.97 Å². The van der Waals surface area contributed by atoms with Crippen molar-refractivity contribution in [1.29, 1.82) is 0 Å². The van der Waals surface area contributed by atoms with Crippen LogP contribution in [0.3, 0.4) is 0 Å². The van der Waals surface area contributed by atoms with E-state index in [0.29, 0.717) is 12.2 Å². The van der Waals surface area contributed by atoms with E-state index in [9.17, 15) is 19.1 Å². The van der Waals surface area contributed by atoms with Gasteiger partial charge in [0.2, 0.25) is 0 Å². The molecule has 0 unspecified atom stereocenters. The summed E-state index contributed by atoms with van der Waals surface area (Å²) in [5.74, 6) is -2.15. The summed E-state index contributed by atoms with van der Waals surface area (Å²) in [4.78, 5) is 25.3. The standard InChI is InChI=1S/C17H18FN3O3/c1-10-8-20(9-14(10)17(23)24)16(22)15-7-11(2)21(19-15)13-5-3-12(18)4-6-13/h3-7,10,14H,8-9H2,1-2H3,(H,23,24)/t10-,14-/m1/s1. The van der Waals surface area contributed by atoms with Crippen molar-refractivity contribution >= 4 is 11.9 Å². The van der Waals surface area contributed by atoms with Gasteiger partial charge in [-0.25, -0.2) is 9.07 Å². The number of carbonyl (C=O) groups is 2. The molecule has 2 heterocycles. The first-order chi connectivity index (χ1) is 11.4. The molecule has 3 rings (SSSR count). The number of benzene rings is 1. The van der Waals surface area contributed by atoms with Crippen LogP contribution in [-0.4, -0.2) is 44.8 Å². The Labute approximate surface area is 138 Å². The second kappa shape index (κ2) is 6.07. The van der Waals surface area contributed by atoms with Crippen LogP contribution in [0, 0.1) is 24.6 Å². The number of likely N-dealkylation sites (tertiary alicyclic amines) is 1. The summed E-state index contributed by atoms with van der Waals surface area (Å²) in [5.41, 5.74) is 1.66. The van der Waals surface area contributed by atoms with E-state index in [1.165, 1.54) is 17.0 Å². The zero-order chi connectivity index (χ0) is 17.4. The van der Waals surface area contributed by atoms with Crippen molar-refractivity contribution in [2.24, 2.45) is 11.8 Å². The van der Waals surface area contributed by atoms with Crippen LogP contribution in [0.2, 0.25) is 0 Å². The third-order valence-electron chi connectivity index (χ3n) is 4.39. The van der Waals surface area contributed by atoms with Crippen LogP contribution in [0.15, 0.2) is 30.3 Å². The number of hydrogen-bond acceptors (Lipinski definition) is 3. The first-order valence-electron chi connectivity index (χ1n) is 7.71. The molecule has 24 heavy (non-hydrogen) atoms. The highest BCUT2D eigenvalue weighted by atomic mass is 19.1. The number of rotatable bonds is 3.